The van der Waals surface area contributed by atoms with Gasteiger partial charge in [0.15, 0.2) is 5.88 Å². The molecule has 0 spiro atoms. The van der Waals surface area contributed by atoms with E-state index in [1.54, 1.807) is 13.8 Å². The highest BCUT2D eigenvalue weighted by molar-refractivity contribution is 5.86. The molecule has 1 heterocycles. The number of nitrogens with one attached hydrogen (secondary N) is 2. The van der Waals surface area contributed by atoms with Crippen LogP contribution in [-0.4, -0.2) is 30.8 Å². The van der Waals surface area contributed by atoms with Gasteiger partial charge in [-0.2, -0.15) is 13.2 Å². The number of allylic oxidation sites excluding steroid dienone is 2. The largest absolute Gasteiger partial charge is 0.474 e. The van der Waals surface area contributed by atoms with E-state index in [0.29, 0.717) is 18.4 Å². The second kappa shape index (κ2) is 9.33. The monoisotopic (exact) mass is 404 g/mol. The Hall–Kier alpha value is -1.50. The molecule has 1 aliphatic rings. The van der Waals surface area contributed by atoms with Crippen LogP contribution in [-0.2, 0) is 9.53 Å². The van der Waals surface area contributed by atoms with Crippen molar-refractivity contribution in [3.63, 3.8) is 0 Å². The molecule has 28 heavy (non-hydrogen) atoms. The first-order chi connectivity index (χ1) is 12.7. The third kappa shape index (κ3) is 6.83. The number of carbonyl (C=O) groups excluding carboxylic acids is 1. The summed E-state index contributed by atoms with van der Waals surface area (Å²) < 4.78 is 42.5. The van der Waals surface area contributed by atoms with Crippen molar-refractivity contribution in [1.29, 1.82) is 0 Å². The fourth-order valence-corrected chi connectivity index (χ4v) is 2.87. The third-order valence-corrected chi connectivity index (χ3v) is 5.63. The number of alkyl halides is 3. The van der Waals surface area contributed by atoms with Crippen molar-refractivity contribution < 1.29 is 22.7 Å². The summed E-state index contributed by atoms with van der Waals surface area (Å²) in [5.74, 6) is 0.450. The molecule has 0 aromatic heterocycles. The summed E-state index contributed by atoms with van der Waals surface area (Å²) in [6, 6.07) is 0. The molecular weight excluding hydrogens is 369 g/mol. The van der Waals surface area contributed by atoms with Crippen molar-refractivity contribution >= 4 is 5.91 Å². The van der Waals surface area contributed by atoms with Crippen LogP contribution < -0.4 is 10.6 Å². The average molecular weight is 405 g/mol. The van der Waals surface area contributed by atoms with E-state index in [1.807, 2.05) is 6.08 Å². The molecule has 2 N–H and O–H groups in total. The molecule has 0 aromatic carbocycles. The minimum Gasteiger partial charge on any atom is -0.474 e. The molecule has 0 aromatic rings. The predicted octanol–water partition coefficient (Wildman–Crippen LogP) is 5.07. The van der Waals surface area contributed by atoms with Crippen LogP contribution in [0, 0.1) is 11.3 Å². The first kappa shape index (κ1) is 24.5. The molecule has 0 atom stereocenters. The van der Waals surface area contributed by atoms with Gasteiger partial charge in [0.05, 0.1) is 5.54 Å². The highest BCUT2D eigenvalue weighted by atomic mass is 19.4. The summed E-state index contributed by atoms with van der Waals surface area (Å²) in [6.45, 7) is 14.6. The maximum atomic E-state index is 12.6. The second-order valence-electron chi connectivity index (χ2n) is 8.77. The van der Waals surface area contributed by atoms with E-state index in [-0.39, 0.29) is 24.3 Å². The Morgan fingerprint density at radius 3 is 2.32 bits per heavy atom. The predicted molar refractivity (Wildman–Crippen MR) is 105 cm³/mol. The van der Waals surface area contributed by atoms with Crippen molar-refractivity contribution in [3.05, 3.63) is 23.1 Å². The van der Waals surface area contributed by atoms with E-state index in [1.165, 1.54) is 11.1 Å². The molecule has 0 bridgehead atoms. The smallest absolute Gasteiger partial charge is 0.389 e. The molecule has 7 heteroatoms. The minimum absolute atomic E-state index is 0.0730. The van der Waals surface area contributed by atoms with Gasteiger partial charge in [-0.15, -0.1) is 0 Å². The quantitative estimate of drug-likeness (QED) is 0.527. The van der Waals surface area contributed by atoms with E-state index < -0.39 is 18.1 Å². The minimum atomic E-state index is -4.18. The van der Waals surface area contributed by atoms with E-state index in [9.17, 15) is 18.0 Å². The van der Waals surface area contributed by atoms with Crippen molar-refractivity contribution in [3.8, 4) is 0 Å². The Balaban J connectivity index is 2.82. The Morgan fingerprint density at radius 2 is 1.82 bits per heavy atom. The molecule has 0 aliphatic carbocycles. The first-order valence-corrected chi connectivity index (χ1v) is 9.91. The average Bonchev–Trinajstić information content (AvgIpc) is 2.57. The summed E-state index contributed by atoms with van der Waals surface area (Å²) in [5.41, 5.74) is 1.29. The highest BCUT2D eigenvalue weighted by Gasteiger charge is 2.33. The van der Waals surface area contributed by atoms with E-state index in [2.05, 4.69) is 45.3 Å². The second-order valence-corrected chi connectivity index (χ2v) is 8.77. The normalized spacial score (nSPS) is 16.2. The molecule has 0 unspecified atom stereocenters. The third-order valence-electron chi connectivity index (χ3n) is 5.63. The zero-order chi connectivity index (χ0) is 21.8. The van der Waals surface area contributed by atoms with Gasteiger partial charge in [-0.3, -0.25) is 10.1 Å². The van der Waals surface area contributed by atoms with E-state index in [0.717, 1.165) is 6.42 Å². The molecule has 0 radical (unpaired) electrons. The number of carbonyl (C=O) groups is 1. The maximum Gasteiger partial charge on any atom is 0.389 e. The van der Waals surface area contributed by atoms with Gasteiger partial charge in [0.25, 0.3) is 0 Å². The molecule has 162 valence electrons. The maximum absolute atomic E-state index is 12.6. The Kier molecular flexibility index (Phi) is 8.18. The van der Waals surface area contributed by atoms with Crippen molar-refractivity contribution in [2.75, 3.05) is 13.2 Å². The Labute approximate surface area is 167 Å². The van der Waals surface area contributed by atoms with Crippen LogP contribution in [0.3, 0.4) is 0 Å². The van der Waals surface area contributed by atoms with Gasteiger partial charge in [0.1, 0.15) is 6.61 Å². The van der Waals surface area contributed by atoms with Gasteiger partial charge in [0.2, 0.25) is 5.91 Å². The molecule has 1 rings (SSSR count). The Morgan fingerprint density at radius 1 is 1.21 bits per heavy atom. The van der Waals surface area contributed by atoms with Gasteiger partial charge in [-0.05, 0) is 55.7 Å². The topological polar surface area (TPSA) is 50.4 Å². The molecule has 1 amide bonds. The van der Waals surface area contributed by atoms with Gasteiger partial charge >= 0.3 is 6.18 Å². The number of hydrogen-bond donors (Lipinski definition) is 2. The summed E-state index contributed by atoms with van der Waals surface area (Å²) in [6.07, 6.45) is -2.37. The number of hydrogen-bond acceptors (Lipinski definition) is 3. The summed E-state index contributed by atoms with van der Waals surface area (Å²) in [7, 11) is 0. The molecule has 0 fully saturated rings. The van der Waals surface area contributed by atoms with Gasteiger partial charge in [-0.1, -0.05) is 34.6 Å². The van der Waals surface area contributed by atoms with Crippen LogP contribution in [0.25, 0.3) is 0 Å². The summed E-state index contributed by atoms with van der Waals surface area (Å²) >= 11 is 0. The van der Waals surface area contributed by atoms with Crippen molar-refractivity contribution in [1.82, 2.24) is 10.6 Å². The fraction of sp³-hybridized carbons (Fsp3) is 0.762. The van der Waals surface area contributed by atoms with Crippen molar-refractivity contribution in [2.24, 2.45) is 11.3 Å². The standard InChI is InChI=1S/C21H35F3N2O2/c1-8-15-13-28-17(12-16(15)19(4,5)14(2)3)26-18(27)20(6,7)25-11-9-10-21(22,23)24/h12,14,25H,8-11,13H2,1-7H3,(H,26,27). The molecule has 4 nitrogen and oxygen atoms in total. The van der Waals surface area contributed by atoms with Crippen LogP contribution >= 0.6 is 0 Å². The fourth-order valence-electron chi connectivity index (χ4n) is 2.87. The zero-order valence-corrected chi connectivity index (χ0v) is 18.1. The lowest BCUT2D eigenvalue weighted by molar-refractivity contribution is -0.135. The van der Waals surface area contributed by atoms with Crippen LogP contribution in [0.15, 0.2) is 23.1 Å². The van der Waals surface area contributed by atoms with Crippen molar-refractivity contribution in [2.45, 2.75) is 79.4 Å². The zero-order valence-electron chi connectivity index (χ0n) is 18.1. The molecular formula is C21H35F3N2O2. The number of amides is 1. The van der Waals surface area contributed by atoms with Crippen LogP contribution in [0.5, 0.6) is 0 Å². The number of halogens is 3. The SMILES string of the molecule is CCC1=C(C(C)(C)C(C)C)C=C(NC(=O)C(C)(C)NCCCC(F)(F)F)OC1. The van der Waals surface area contributed by atoms with Crippen LogP contribution in [0.1, 0.15) is 67.7 Å². The van der Waals surface area contributed by atoms with Gasteiger partial charge < -0.3 is 10.1 Å². The van der Waals surface area contributed by atoms with Gasteiger partial charge in [0, 0.05) is 12.5 Å². The van der Waals surface area contributed by atoms with E-state index in [4.69, 9.17) is 4.74 Å². The first-order valence-electron chi connectivity index (χ1n) is 9.91. The molecule has 0 saturated carbocycles. The highest BCUT2D eigenvalue weighted by Crippen LogP contribution is 2.40. The molecule has 1 aliphatic heterocycles. The lowest BCUT2D eigenvalue weighted by atomic mass is 9.72. The number of ether oxygens (including phenoxy) is 1. The summed E-state index contributed by atoms with van der Waals surface area (Å²) in [5, 5.41) is 5.68. The lowest BCUT2D eigenvalue weighted by Crippen LogP contribution is -2.53. The number of rotatable bonds is 9. The lowest BCUT2D eigenvalue weighted by Gasteiger charge is -2.36. The van der Waals surface area contributed by atoms with Crippen LogP contribution in [0.2, 0.25) is 0 Å². The van der Waals surface area contributed by atoms with Gasteiger partial charge in [-0.25, -0.2) is 0 Å². The summed E-state index contributed by atoms with van der Waals surface area (Å²) in [4.78, 5) is 12.6. The molecule has 0 saturated heterocycles. The van der Waals surface area contributed by atoms with E-state index >= 15 is 0 Å². The Bertz CT molecular complexity index is 618. The van der Waals surface area contributed by atoms with Crippen LogP contribution in [0.4, 0.5) is 13.2 Å².